The van der Waals surface area contributed by atoms with Crippen LogP contribution in [0, 0.1) is 0 Å². The summed E-state index contributed by atoms with van der Waals surface area (Å²) in [5, 5.41) is 11.0. The van der Waals surface area contributed by atoms with Crippen molar-refractivity contribution in [3.63, 3.8) is 0 Å². The highest BCUT2D eigenvalue weighted by Crippen LogP contribution is 2.43. The van der Waals surface area contributed by atoms with Crippen LogP contribution in [0.4, 0.5) is 0 Å². The van der Waals surface area contributed by atoms with E-state index in [1.54, 1.807) is 17.5 Å². The smallest absolute Gasteiger partial charge is 0.259 e. The molecule has 3 heterocycles. The molecule has 1 unspecified atom stereocenters. The van der Waals surface area contributed by atoms with Gasteiger partial charge >= 0.3 is 0 Å². The van der Waals surface area contributed by atoms with Crippen LogP contribution in [0.25, 0.3) is 22.4 Å². The highest BCUT2D eigenvalue weighted by Gasteiger charge is 2.32. The van der Waals surface area contributed by atoms with Crippen LogP contribution in [0.5, 0.6) is 0 Å². The average Bonchev–Trinajstić information content (AvgIpc) is 3.27. The molecule has 4 aromatic rings. The van der Waals surface area contributed by atoms with Crippen molar-refractivity contribution in [2.75, 3.05) is 6.54 Å². The SMILES string of the molecule is CC(CNC(=O)c1cc(-c2ccccc2)nc2onc(C3CC3)c12)c1nccs1. The molecule has 5 rings (SSSR count). The molecule has 1 atom stereocenters. The van der Waals surface area contributed by atoms with Gasteiger partial charge in [0.2, 0.25) is 0 Å². The fourth-order valence-corrected chi connectivity index (χ4v) is 4.15. The summed E-state index contributed by atoms with van der Waals surface area (Å²) in [6, 6.07) is 11.6. The zero-order chi connectivity index (χ0) is 19.8. The number of rotatable bonds is 6. The Morgan fingerprint density at radius 2 is 2.14 bits per heavy atom. The van der Waals surface area contributed by atoms with Crippen molar-refractivity contribution in [3.8, 4) is 11.3 Å². The van der Waals surface area contributed by atoms with Crippen LogP contribution in [0.15, 0.2) is 52.5 Å². The predicted octanol–water partition coefficient (Wildman–Crippen LogP) is 4.76. The van der Waals surface area contributed by atoms with Crippen LogP contribution in [-0.4, -0.2) is 27.6 Å². The quantitative estimate of drug-likeness (QED) is 0.501. The molecular formula is C22H20N4O2S. The molecule has 1 saturated carbocycles. The minimum absolute atomic E-state index is 0.136. The number of aromatic nitrogens is 3. The molecule has 146 valence electrons. The van der Waals surface area contributed by atoms with Crippen molar-refractivity contribution in [1.82, 2.24) is 20.4 Å². The first-order valence-electron chi connectivity index (χ1n) is 9.74. The summed E-state index contributed by atoms with van der Waals surface area (Å²) in [5.74, 6) is 0.375. The normalized spacial score (nSPS) is 14.8. The van der Waals surface area contributed by atoms with Gasteiger partial charge in [-0.1, -0.05) is 42.4 Å². The molecular weight excluding hydrogens is 384 g/mol. The lowest BCUT2D eigenvalue weighted by molar-refractivity contribution is 0.0953. The van der Waals surface area contributed by atoms with Gasteiger partial charge in [-0.25, -0.2) is 9.97 Å². The van der Waals surface area contributed by atoms with Crippen LogP contribution in [0.3, 0.4) is 0 Å². The van der Waals surface area contributed by atoms with Crippen molar-refractivity contribution >= 4 is 28.3 Å². The van der Waals surface area contributed by atoms with E-state index >= 15 is 0 Å². The van der Waals surface area contributed by atoms with Gasteiger partial charge in [0.25, 0.3) is 11.6 Å². The van der Waals surface area contributed by atoms with Crippen LogP contribution in [0.1, 0.15) is 52.7 Å². The molecule has 29 heavy (non-hydrogen) atoms. The molecule has 3 aromatic heterocycles. The standard InChI is InChI=1S/C22H20N4O2S/c1-13(22-23-9-10-29-22)12-24-20(27)16-11-17(14-5-3-2-4-6-14)25-21-18(16)19(26-28-21)15-7-8-15/h2-6,9-11,13,15H,7-8,12H2,1H3,(H,24,27). The first-order chi connectivity index (χ1) is 14.2. The number of benzene rings is 1. The van der Waals surface area contributed by atoms with Gasteiger partial charge in [0.15, 0.2) is 0 Å². The second-order valence-electron chi connectivity index (χ2n) is 7.42. The van der Waals surface area contributed by atoms with Crippen molar-refractivity contribution < 1.29 is 9.32 Å². The molecule has 1 amide bonds. The van der Waals surface area contributed by atoms with Gasteiger partial charge in [-0.05, 0) is 18.9 Å². The molecule has 1 aliphatic rings. The zero-order valence-electron chi connectivity index (χ0n) is 16.0. The fourth-order valence-electron chi connectivity index (χ4n) is 3.45. The Kier molecular flexibility index (Phi) is 4.60. The first kappa shape index (κ1) is 18.0. The summed E-state index contributed by atoms with van der Waals surface area (Å²) < 4.78 is 5.54. The van der Waals surface area contributed by atoms with E-state index in [0.29, 0.717) is 29.4 Å². The Morgan fingerprint density at radius 1 is 1.31 bits per heavy atom. The third-order valence-electron chi connectivity index (χ3n) is 5.19. The maximum absolute atomic E-state index is 13.2. The van der Waals surface area contributed by atoms with E-state index in [0.717, 1.165) is 34.5 Å². The second-order valence-corrected chi connectivity index (χ2v) is 8.35. The summed E-state index contributed by atoms with van der Waals surface area (Å²) in [4.78, 5) is 22.2. The minimum Gasteiger partial charge on any atom is -0.351 e. The van der Waals surface area contributed by atoms with Crippen molar-refractivity contribution in [2.45, 2.75) is 31.6 Å². The molecule has 1 fully saturated rings. The highest BCUT2D eigenvalue weighted by molar-refractivity contribution is 7.09. The van der Waals surface area contributed by atoms with Gasteiger partial charge in [0.1, 0.15) is 0 Å². The fraction of sp³-hybridized carbons (Fsp3) is 0.273. The monoisotopic (exact) mass is 404 g/mol. The van der Waals surface area contributed by atoms with Gasteiger partial charge in [-0.2, -0.15) is 0 Å². The third-order valence-corrected chi connectivity index (χ3v) is 6.20. The van der Waals surface area contributed by atoms with E-state index in [1.807, 2.05) is 41.8 Å². The number of carbonyl (C=O) groups excluding carboxylic acids is 1. The number of amides is 1. The number of hydrogen-bond acceptors (Lipinski definition) is 6. The number of thiazole rings is 1. The molecule has 0 saturated heterocycles. The van der Waals surface area contributed by atoms with Gasteiger partial charge in [0.05, 0.1) is 27.3 Å². The van der Waals surface area contributed by atoms with Crippen molar-refractivity contribution in [1.29, 1.82) is 0 Å². The summed E-state index contributed by atoms with van der Waals surface area (Å²) >= 11 is 1.60. The molecule has 1 aromatic carbocycles. The Balaban J connectivity index is 1.51. The lowest BCUT2D eigenvalue weighted by Crippen LogP contribution is -2.27. The lowest BCUT2D eigenvalue weighted by atomic mass is 10.0. The van der Waals surface area contributed by atoms with Crippen LogP contribution < -0.4 is 5.32 Å². The van der Waals surface area contributed by atoms with Crippen LogP contribution >= 0.6 is 11.3 Å². The van der Waals surface area contributed by atoms with E-state index in [9.17, 15) is 4.79 Å². The topological polar surface area (TPSA) is 80.9 Å². The first-order valence-corrected chi connectivity index (χ1v) is 10.6. The van der Waals surface area contributed by atoms with Crippen LogP contribution in [0.2, 0.25) is 0 Å². The van der Waals surface area contributed by atoms with E-state index in [-0.39, 0.29) is 11.8 Å². The van der Waals surface area contributed by atoms with E-state index in [2.05, 4.69) is 27.4 Å². The Hall–Kier alpha value is -3.06. The summed E-state index contributed by atoms with van der Waals surface area (Å²) in [7, 11) is 0. The number of carbonyl (C=O) groups is 1. The summed E-state index contributed by atoms with van der Waals surface area (Å²) in [5.41, 5.74) is 3.48. The van der Waals surface area contributed by atoms with E-state index in [4.69, 9.17) is 4.52 Å². The van der Waals surface area contributed by atoms with E-state index < -0.39 is 0 Å². The van der Waals surface area contributed by atoms with E-state index in [1.165, 1.54) is 0 Å². The highest BCUT2D eigenvalue weighted by atomic mass is 32.1. The average molecular weight is 404 g/mol. The van der Waals surface area contributed by atoms with Gasteiger partial charge in [0, 0.05) is 35.5 Å². The van der Waals surface area contributed by atoms with Gasteiger partial charge in [-0.15, -0.1) is 11.3 Å². The van der Waals surface area contributed by atoms with Gasteiger partial charge in [-0.3, -0.25) is 4.79 Å². The Labute approximate surface area is 172 Å². The molecule has 6 nitrogen and oxygen atoms in total. The number of pyridine rings is 1. The van der Waals surface area contributed by atoms with Gasteiger partial charge < -0.3 is 9.84 Å². The molecule has 7 heteroatoms. The minimum atomic E-state index is -0.136. The second kappa shape index (κ2) is 7.40. The predicted molar refractivity (Wildman–Crippen MR) is 112 cm³/mol. The Bertz CT molecular complexity index is 1150. The lowest BCUT2D eigenvalue weighted by Gasteiger charge is -2.12. The number of fused-ring (bicyclic) bond motifs is 1. The maximum atomic E-state index is 13.2. The summed E-state index contributed by atoms with van der Waals surface area (Å²) in [6.45, 7) is 2.58. The number of nitrogens with zero attached hydrogens (tertiary/aromatic N) is 3. The molecule has 0 bridgehead atoms. The maximum Gasteiger partial charge on any atom is 0.259 e. The number of nitrogens with one attached hydrogen (secondary N) is 1. The molecule has 0 aliphatic heterocycles. The molecule has 0 spiro atoms. The van der Waals surface area contributed by atoms with Crippen molar-refractivity contribution in [2.24, 2.45) is 0 Å². The van der Waals surface area contributed by atoms with Crippen molar-refractivity contribution in [3.05, 3.63) is 64.2 Å². The third kappa shape index (κ3) is 3.53. The summed E-state index contributed by atoms with van der Waals surface area (Å²) in [6.07, 6.45) is 3.93. The molecule has 1 N–H and O–H groups in total. The molecule has 1 aliphatic carbocycles. The Morgan fingerprint density at radius 3 is 2.86 bits per heavy atom. The molecule has 0 radical (unpaired) electrons. The number of hydrogen-bond donors (Lipinski definition) is 1. The zero-order valence-corrected chi connectivity index (χ0v) is 16.8. The van der Waals surface area contributed by atoms with Crippen LogP contribution in [-0.2, 0) is 0 Å². The largest absolute Gasteiger partial charge is 0.351 e.